The molecule has 0 atom stereocenters. The van der Waals surface area contributed by atoms with Crippen molar-refractivity contribution in [1.82, 2.24) is 9.38 Å². The molecule has 6 nitrogen and oxygen atoms in total. The molecule has 1 N–H and O–H groups in total. The van der Waals surface area contributed by atoms with E-state index in [1.807, 2.05) is 24.4 Å². The number of anilines is 1. The molecule has 1 aromatic carbocycles. The molecule has 126 valence electrons. The predicted molar refractivity (Wildman–Crippen MR) is 95.6 cm³/mol. The van der Waals surface area contributed by atoms with Gasteiger partial charge in [0, 0.05) is 18.0 Å². The molecule has 2 aromatic heterocycles. The summed E-state index contributed by atoms with van der Waals surface area (Å²) in [5.74, 6) is -0.826. The average molecular weight is 356 g/mol. The summed E-state index contributed by atoms with van der Waals surface area (Å²) in [6, 6.07) is 12.0. The number of halogens is 1. The second kappa shape index (κ2) is 7.19. The van der Waals surface area contributed by atoms with Crippen molar-refractivity contribution in [2.75, 3.05) is 12.4 Å². The molecule has 3 aromatic rings. The highest BCUT2D eigenvalue weighted by molar-refractivity contribution is 6.31. The lowest BCUT2D eigenvalue weighted by atomic mass is 10.2. The van der Waals surface area contributed by atoms with Crippen LogP contribution in [0, 0.1) is 0 Å². The first-order chi connectivity index (χ1) is 12.1. The number of fused-ring (bicyclic) bond motifs is 1. The maximum Gasteiger partial charge on any atom is 0.337 e. The number of imidazole rings is 1. The van der Waals surface area contributed by atoms with E-state index in [2.05, 4.69) is 15.0 Å². The zero-order chi connectivity index (χ0) is 17.8. The van der Waals surface area contributed by atoms with Gasteiger partial charge in [-0.1, -0.05) is 23.7 Å². The summed E-state index contributed by atoms with van der Waals surface area (Å²) in [6.45, 7) is 0. The van der Waals surface area contributed by atoms with Gasteiger partial charge in [-0.25, -0.2) is 9.78 Å². The van der Waals surface area contributed by atoms with Gasteiger partial charge in [-0.2, -0.15) is 0 Å². The zero-order valence-electron chi connectivity index (χ0n) is 13.3. The molecule has 0 bridgehead atoms. The number of hydrogen-bond donors (Lipinski definition) is 1. The van der Waals surface area contributed by atoms with Crippen molar-refractivity contribution in [3.8, 4) is 0 Å². The van der Waals surface area contributed by atoms with Crippen LogP contribution >= 0.6 is 11.6 Å². The Morgan fingerprint density at radius 2 is 2.08 bits per heavy atom. The number of carbonyl (C=O) groups excluding carboxylic acids is 2. The van der Waals surface area contributed by atoms with E-state index in [0.717, 1.165) is 0 Å². The van der Waals surface area contributed by atoms with E-state index in [-0.39, 0.29) is 5.91 Å². The summed E-state index contributed by atoms with van der Waals surface area (Å²) in [4.78, 5) is 27.8. The van der Waals surface area contributed by atoms with Gasteiger partial charge in [0.2, 0.25) is 5.91 Å². The van der Waals surface area contributed by atoms with Crippen LogP contribution in [0.1, 0.15) is 16.1 Å². The largest absolute Gasteiger partial charge is 0.465 e. The minimum Gasteiger partial charge on any atom is -0.465 e. The summed E-state index contributed by atoms with van der Waals surface area (Å²) >= 11 is 6.12. The Hall–Kier alpha value is -3.12. The fraction of sp³-hybridized carbons (Fsp3) is 0.0556. The molecular weight excluding hydrogens is 342 g/mol. The van der Waals surface area contributed by atoms with Gasteiger partial charge in [-0.3, -0.25) is 9.20 Å². The second-order valence-corrected chi connectivity index (χ2v) is 5.47. The smallest absolute Gasteiger partial charge is 0.337 e. The molecule has 0 saturated heterocycles. The van der Waals surface area contributed by atoms with E-state index in [0.29, 0.717) is 27.7 Å². The summed E-state index contributed by atoms with van der Waals surface area (Å²) in [7, 11) is 1.30. The predicted octanol–water partition coefficient (Wildman–Crippen LogP) is 3.43. The van der Waals surface area contributed by atoms with Crippen molar-refractivity contribution in [2.45, 2.75) is 0 Å². The highest BCUT2D eigenvalue weighted by Crippen LogP contribution is 2.19. The fourth-order valence-corrected chi connectivity index (χ4v) is 2.56. The van der Waals surface area contributed by atoms with Gasteiger partial charge in [-0.15, -0.1) is 0 Å². The molecule has 2 heterocycles. The standard InChI is InChI=1S/C18H14ClN3O3/c1-25-18(24)12-5-4-6-13(11-12)20-16(23)9-8-14-17(19)21-15-7-2-3-10-22(14)15/h2-11H,1H3,(H,20,23)/b9-8+. The number of nitrogens with zero attached hydrogens (tertiary/aromatic N) is 2. The molecule has 0 aliphatic rings. The van der Waals surface area contributed by atoms with Gasteiger partial charge >= 0.3 is 5.97 Å². The molecule has 0 saturated carbocycles. The minimum atomic E-state index is -0.468. The van der Waals surface area contributed by atoms with Crippen molar-refractivity contribution < 1.29 is 14.3 Å². The third kappa shape index (κ3) is 3.70. The van der Waals surface area contributed by atoms with Crippen LogP contribution < -0.4 is 5.32 Å². The lowest BCUT2D eigenvalue weighted by Gasteiger charge is -2.04. The highest BCUT2D eigenvalue weighted by atomic mass is 35.5. The topological polar surface area (TPSA) is 72.7 Å². The molecule has 3 rings (SSSR count). The zero-order valence-corrected chi connectivity index (χ0v) is 14.0. The van der Waals surface area contributed by atoms with Crippen molar-refractivity contribution >= 4 is 40.9 Å². The van der Waals surface area contributed by atoms with Gasteiger partial charge in [0.05, 0.1) is 18.4 Å². The fourth-order valence-electron chi connectivity index (χ4n) is 2.32. The van der Waals surface area contributed by atoms with Gasteiger partial charge in [0.15, 0.2) is 5.15 Å². The quantitative estimate of drug-likeness (QED) is 0.575. The maximum absolute atomic E-state index is 12.1. The third-order valence-electron chi connectivity index (χ3n) is 3.47. The third-order valence-corrected chi connectivity index (χ3v) is 3.74. The van der Waals surface area contributed by atoms with E-state index in [4.69, 9.17) is 11.6 Å². The molecule has 25 heavy (non-hydrogen) atoms. The number of pyridine rings is 1. The molecule has 1 amide bonds. The van der Waals surface area contributed by atoms with Crippen molar-refractivity contribution in [3.05, 3.63) is 71.1 Å². The Morgan fingerprint density at radius 3 is 2.88 bits per heavy atom. The summed E-state index contributed by atoms with van der Waals surface area (Å²) in [5, 5.41) is 2.99. The first kappa shape index (κ1) is 16.7. The number of methoxy groups -OCH3 is 1. The van der Waals surface area contributed by atoms with Gasteiger partial charge < -0.3 is 10.1 Å². The molecule has 0 aliphatic heterocycles. The first-order valence-corrected chi connectivity index (χ1v) is 7.76. The number of hydrogen-bond acceptors (Lipinski definition) is 4. The summed E-state index contributed by atoms with van der Waals surface area (Å²) in [6.07, 6.45) is 4.75. The number of aromatic nitrogens is 2. The molecule has 7 heteroatoms. The number of ether oxygens (including phenoxy) is 1. The summed E-state index contributed by atoms with van der Waals surface area (Å²) < 4.78 is 6.44. The van der Waals surface area contributed by atoms with Crippen molar-refractivity contribution in [2.24, 2.45) is 0 Å². The van der Waals surface area contributed by atoms with Crippen LogP contribution in [0.5, 0.6) is 0 Å². The van der Waals surface area contributed by atoms with E-state index in [9.17, 15) is 9.59 Å². The van der Waals surface area contributed by atoms with E-state index in [1.165, 1.54) is 13.2 Å². The molecule has 0 radical (unpaired) electrons. The second-order valence-electron chi connectivity index (χ2n) is 5.11. The Bertz CT molecular complexity index is 979. The molecule has 0 unspecified atom stereocenters. The number of benzene rings is 1. The van der Waals surface area contributed by atoms with Crippen LogP contribution in [-0.4, -0.2) is 28.4 Å². The SMILES string of the molecule is COC(=O)c1cccc(NC(=O)/C=C/c2c(Cl)nc3ccccn23)c1. The highest BCUT2D eigenvalue weighted by Gasteiger charge is 2.09. The maximum atomic E-state index is 12.1. The monoisotopic (exact) mass is 355 g/mol. The molecule has 0 fully saturated rings. The summed E-state index contributed by atoms with van der Waals surface area (Å²) in [5.41, 5.74) is 2.14. The molecular formula is C18H14ClN3O3. The normalized spacial score (nSPS) is 11.0. The van der Waals surface area contributed by atoms with E-state index in [1.54, 1.807) is 34.7 Å². The van der Waals surface area contributed by atoms with Gasteiger partial charge in [0.1, 0.15) is 5.65 Å². The number of nitrogens with one attached hydrogen (secondary N) is 1. The van der Waals surface area contributed by atoms with E-state index >= 15 is 0 Å². The van der Waals surface area contributed by atoms with E-state index < -0.39 is 5.97 Å². The number of esters is 1. The molecule has 0 aliphatic carbocycles. The van der Waals surface area contributed by atoms with Crippen LogP contribution in [0.2, 0.25) is 5.15 Å². The van der Waals surface area contributed by atoms with Gasteiger partial charge in [-0.05, 0) is 36.4 Å². The number of amides is 1. The van der Waals surface area contributed by atoms with Crippen LogP contribution in [0.25, 0.3) is 11.7 Å². The Morgan fingerprint density at radius 1 is 1.24 bits per heavy atom. The Labute approximate surface area is 148 Å². The number of rotatable bonds is 4. The Balaban J connectivity index is 1.77. The van der Waals surface area contributed by atoms with Crippen LogP contribution in [0.4, 0.5) is 5.69 Å². The first-order valence-electron chi connectivity index (χ1n) is 7.38. The van der Waals surface area contributed by atoms with Gasteiger partial charge in [0.25, 0.3) is 0 Å². The molecule has 0 spiro atoms. The number of carbonyl (C=O) groups is 2. The lowest BCUT2D eigenvalue weighted by Crippen LogP contribution is -2.09. The van der Waals surface area contributed by atoms with Crippen LogP contribution in [0.3, 0.4) is 0 Å². The van der Waals surface area contributed by atoms with Crippen LogP contribution in [0.15, 0.2) is 54.7 Å². The van der Waals surface area contributed by atoms with Crippen LogP contribution in [-0.2, 0) is 9.53 Å². The van der Waals surface area contributed by atoms with Crippen molar-refractivity contribution in [1.29, 1.82) is 0 Å². The minimum absolute atomic E-state index is 0.308. The Kier molecular flexibility index (Phi) is 4.81. The van der Waals surface area contributed by atoms with Crippen molar-refractivity contribution in [3.63, 3.8) is 0 Å². The average Bonchev–Trinajstić information content (AvgIpc) is 2.94. The lowest BCUT2D eigenvalue weighted by molar-refractivity contribution is -0.111.